The van der Waals surface area contributed by atoms with E-state index in [1.54, 1.807) is 0 Å². The molecule has 0 spiro atoms. The Morgan fingerprint density at radius 1 is 1.05 bits per heavy atom. The molecule has 1 aliphatic carbocycles. The van der Waals surface area contributed by atoms with Crippen LogP contribution in [-0.2, 0) is 11.2 Å². The van der Waals surface area contributed by atoms with Crippen molar-refractivity contribution < 1.29 is 9.53 Å². The number of aryl methyl sites for hydroxylation is 1. The molecule has 20 heavy (non-hydrogen) atoms. The Morgan fingerprint density at radius 3 is 2.75 bits per heavy atom. The predicted octanol–water partition coefficient (Wildman–Crippen LogP) is 4.10. The van der Waals surface area contributed by atoms with Crippen molar-refractivity contribution >= 4 is 17.6 Å². The molecule has 0 unspecified atom stereocenters. The van der Waals surface area contributed by atoms with Gasteiger partial charge in [-0.05, 0) is 47.2 Å². The number of carbonyl (C=O) groups is 1. The molecule has 0 fully saturated rings. The maximum Gasteiger partial charge on any atom is 0.308 e. The van der Waals surface area contributed by atoms with Gasteiger partial charge in [-0.3, -0.25) is 4.79 Å². The van der Waals surface area contributed by atoms with Gasteiger partial charge < -0.3 is 4.74 Å². The summed E-state index contributed by atoms with van der Waals surface area (Å²) in [5.74, 6) is 0.319. The molecule has 0 atom stereocenters. The van der Waals surface area contributed by atoms with E-state index >= 15 is 0 Å². The van der Waals surface area contributed by atoms with Crippen LogP contribution >= 0.6 is 0 Å². The molecule has 0 saturated heterocycles. The minimum Gasteiger partial charge on any atom is -0.427 e. The fourth-order valence-electron chi connectivity index (χ4n) is 2.58. The molecule has 2 aromatic rings. The van der Waals surface area contributed by atoms with Crippen molar-refractivity contribution in [1.82, 2.24) is 0 Å². The van der Waals surface area contributed by atoms with E-state index in [9.17, 15) is 4.79 Å². The highest BCUT2D eigenvalue weighted by atomic mass is 16.5. The van der Waals surface area contributed by atoms with E-state index in [0.29, 0.717) is 5.75 Å². The summed E-state index contributed by atoms with van der Waals surface area (Å²) in [6.45, 7) is 1.42. The van der Waals surface area contributed by atoms with Crippen LogP contribution in [0.4, 0.5) is 0 Å². The smallest absolute Gasteiger partial charge is 0.308 e. The number of hydrogen-bond donors (Lipinski definition) is 0. The summed E-state index contributed by atoms with van der Waals surface area (Å²) in [6, 6.07) is 16.2. The third-order valence-electron chi connectivity index (χ3n) is 3.51. The van der Waals surface area contributed by atoms with Crippen molar-refractivity contribution in [3.05, 3.63) is 65.2 Å². The lowest BCUT2D eigenvalue weighted by atomic mass is 9.89. The summed E-state index contributed by atoms with van der Waals surface area (Å²) in [5, 5.41) is 0. The van der Waals surface area contributed by atoms with Gasteiger partial charge in [-0.1, -0.05) is 42.5 Å². The first-order valence-electron chi connectivity index (χ1n) is 6.80. The number of fused-ring (bicyclic) bond motifs is 1. The molecular weight excluding hydrogens is 248 g/mol. The second-order valence-electron chi connectivity index (χ2n) is 4.99. The molecule has 0 aromatic heterocycles. The van der Waals surface area contributed by atoms with E-state index < -0.39 is 0 Å². The van der Waals surface area contributed by atoms with Gasteiger partial charge in [0.25, 0.3) is 0 Å². The van der Waals surface area contributed by atoms with E-state index in [1.165, 1.54) is 23.6 Å². The van der Waals surface area contributed by atoms with Crippen molar-refractivity contribution in [2.24, 2.45) is 0 Å². The second kappa shape index (κ2) is 5.33. The van der Waals surface area contributed by atoms with Crippen molar-refractivity contribution in [3.8, 4) is 5.75 Å². The number of benzene rings is 2. The van der Waals surface area contributed by atoms with Crippen LogP contribution in [0, 0.1) is 0 Å². The highest BCUT2D eigenvalue weighted by molar-refractivity contribution is 5.85. The standard InChI is InChI=1S/C18H16O2/c1-13(19)20-18-8-4-7-16(12-18)17-10-9-14-5-2-3-6-15(14)11-17/h2-8,11-12H,9-10H2,1H3. The molecule has 0 amide bonds. The zero-order chi connectivity index (χ0) is 13.9. The zero-order valence-corrected chi connectivity index (χ0v) is 11.4. The summed E-state index contributed by atoms with van der Waals surface area (Å²) in [6.07, 6.45) is 4.30. The topological polar surface area (TPSA) is 26.3 Å². The van der Waals surface area contributed by atoms with Crippen LogP contribution in [0.1, 0.15) is 30.0 Å². The fraction of sp³-hybridized carbons (Fsp3) is 0.167. The molecule has 2 nitrogen and oxygen atoms in total. The molecule has 0 saturated carbocycles. The van der Waals surface area contributed by atoms with E-state index in [0.717, 1.165) is 18.4 Å². The third kappa shape index (κ3) is 2.64. The molecule has 0 heterocycles. The highest BCUT2D eigenvalue weighted by Crippen LogP contribution is 2.31. The largest absolute Gasteiger partial charge is 0.427 e. The average Bonchev–Trinajstić information content (AvgIpc) is 2.46. The van der Waals surface area contributed by atoms with Crippen molar-refractivity contribution in [1.29, 1.82) is 0 Å². The van der Waals surface area contributed by atoms with Crippen LogP contribution in [0.3, 0.4) is 0 Å². The maximum atomic E-state index is 11.0. The molecule has 0 N–H and O–H groups in total. The Morgan fingerprint density at radius 2 is 1.90 bits per heavy atom. The lowest BCUT2D eigenvalue weighted by molar-refractivity contribution is -0.131. The molecule has 0 aliphatic heterocycles. The Labute approximate surface area is 118 Å². The Hall–Kier alpha value is -2.35. The van der Waals surface area contributed by atoms with Crippen LogP contribution in [0.15, 0.2) is 48.5 Å². The van der Waals surface area contributed by atoms with Crippen molar-refractivity contribution in [2.75, 3.05) is 0 Å². The molecule has 3 rings (SSSR count). The molecule has 2 aromatic carbocycles. The molecular formula is C18H16O2. The van der Waals surface area contributed by atoms with Crippen LogP contribution in [0.25, 0.3) is 11.6 Å². The Balaban J connectivity index is 1.94. The van der Waals surface area contributed by atoms with Crippen molar-refractivity contribution in [3.63, 3.8) is 0 Å². The van der Waals surface area contributed by atoms with Gasteiger partial charge in [-0.25, -0.2) is 0 Å². The summed E-state index contributed by atoms with van der Waals surface area (Å²) in [4.78, 5) is 11.0. The maximum absolute atomic E-state index is 11.0. The highest BCUT2D eigenvalue weighted by Gasteiger charge is 2.12. The third-order valence-corrected chi connectivity index (χ3v) is 3.51. The van der Waals surface area contributed by atoms with Crippen LogP contribution in [-0.4, -0.2) is 5.97 Å². The van der Waals surface area contributed by atoms with Gasteiger partial charge in [0, 0.05) is 6.92 Å². The first-order chi connectivity index (χ1) is 9.72. The fourth-order valence-corrected chi connectivity index (χ4v) is 2.58. The van der Waals surface area contributed by atoms with Crippen molar-refractivity contribution in [2.45, 2.75) is 19.8 Å². The first kappa shape index (κ1) is 12.7. The minimum atomic E-state index is -0.287. The number of carbonyl (C=O) groups excluding carboxylic acids is 1. The molecule has 100 valence electrons. The summed E-state index contributed by atoms with van der Waals surface area (Å²) in [7, 11) is 0. The van der Waals surface area contributed by atoms with E-state index in [2.05, 4.69) is 36.4 Å². The first-order valence-corrected chi connectivity index (χ1v) is 6.80. The number of allylic oxidation sites excluding steroid dienone is 1. The quantitative estimate of drug-likeness (QED) is 0.603. The average molecular weight is 264 g/mol. The molecule has 0 bridgehead atoms. The summed E-state index contributed by atoms with van der Waals surface area (Å²) >= 11 is 0. The van der Waals surface area contributed by atoms with Gasteiger partial charge in [0.05, 0.1) is 0 Å². The number of hydrogen-bond acceptors (Lipinski definition) is 2. The van der Waals surface area contributed by atoms with Gasteiger partial charge >= 0.3 is 5.97 Å². The predicted molar refractivity (Wildman–Crippen MR) is 80.4 cm³/mol. The molecule has 2 heteroatoms. The van der Waals surface area contributed by atoms with Crippen LogP contribution in [0.5, 0.6) is 5.75 Å². The lowest BCUT2D eigenvalue weighted by Crippen LogP contribution is -2.02. The summed E-state index contributed by atoms with van der Waals surface area (Å²) in [5.41, 5.74) is 5.09. The van der Waals surface area contributed by atoms with E-state index in [4.69, 9.17) is 4.74 Å². The van der Waals surface area contributed by atoms with Gasteiger partial charge in [0.1, 0.15) is 5.75 Å². The number of ether oxygens (including phenoxy) is 1. The molecule has 1 aliphatic rings. The normalized spacial score (nSPS) is 13.3. The van der Waals surface area contributed by atoms with E-state index in [-0.39, 0.29) is 5.97 Å². The van der Waals surface area contributed by atoms with Gasteiger partial charge in [0.15, 0.2) is 0 Å². The van der Waals surface area contributed by atoms with Gasteiger partial charge in [-0.2, -0.15) is 0 Å². The van der Waals surface area contributed by atoms with E-state index in [1.807, 2.05) is 18.2 Å². The second-order valence-corrected chi connectivity index (χ2v) is 4.99. The molecule has 0 radical (unpaired) electrons. The monoisotopic (exact) mass is 264 g/mol. The number of esters is 1. The Bertz CT molecular complexity index is 683. The van der Waals surface area contributed by atoms with Gasteiger partial charge in [-0.15, -0.1) is 0 Å². The summed E-state index contributed by atoms with van der Waals surface area (Å²) < 4.78 is 5.15. The van der Waals surface area contributed by atoms with Crippen LogP contribution in [0.2, 0.25) is 0 Å². The lowest BCUT2D eigenvalue weighted by Gasteiger charge is -2.17. The van der Waals surface area contributed by atoms with Gasteiger partial charge in [0.2, 0.25) is 0 Å². The number of rotatable bonds is 2. The SMILES string of the molecule is CC(=O)Oc1cccc(C2=Cc3ccccc3CC2)c1. The minimum absolute atomic E-state index is 0.287. The Kier molecular flexibility index (Phi) is 3.38. The zero-order valence-electron chi connectivity index (χ0n) is 11.4. The van der Waals surface area contributed by atoms with Crippen LogP contribution < -0.4 is 4.74 Å².